The second-order valence-electron chi connectivity index (χ2n) is 10.1. The van der Waals surface area contributed by atoms with Gasteiger partial charge in [0, 0.05) is 43.4 Å². The number of carbonyl (C=O) groups excluding carboxylic acids is 1. The summed E-state index contributed by atoms with van der Waals surface area (Å²) in [4.78, 5) is 16.0. The first-order valence-electron chi connectivity index (χ1n) is 10.9. The summed E-state index contributed by atoms with van der Waals surface area (Å²) < 4.78 is 48.6. The molecule has 3 rings (SSSR count). The van der Waals surface area contributed by atoms with Crippen molar-refractivity contribution >= 4 is 24.4 Å². The largest absolute Gasteiger partial charge is 0.498 e. The Morgan fingerprint density at radius 2 is 1.62 bits per heavy atom. The smallest absolute Gasteiger partial charge is 0.444 e. The molecule has 7 nitrogen and oxygen atoms in total. The van der Waals surface area contributed by atoms with E-state index in [9.17, 15) is 13.6 Å². The minimum atomic E-state index is -2.98. The van der Waals surface area contributed by atoms with Crippen molar-refractivity contribution in [3.05, 3.63) is 18.2 Å². The van der Waals surface area contributed by atoms with Gasteiger partial charge in [-0.1, -0.05) is 6.07 Å². The number of rotatable bonds is 4. The maximum atomic E-state index is 13.2. The topological polar surface area (TPSA) is 60.5 Å². The fraction of sp³-hybridized carbons (Fsp3) is 0.682. The van der Waals surface area contributed by atoms with Crippen LogP contribution in [0.5, 0.6) is 5.75 Å². The van der Waals surface area contributed by atoms with Crippen LogP contribution in [0.4, 0.5) is 19.3 Å². The van der Waals surface area contributed by atoms with Gasteiger partial charge in [0.1, 0.15) is 11.4 Å². The molecule has 32 heavy (non-hydrogen) atoms. The Hall–Kier alpha value is -2.07. The van der Waals surface area contributed by atoms with Crippen molar-refractivity contribution in [3.8, 4) is 5.75 Å². The molecule has 0 unspecified atom stereocenters. The quantitative estimate of drug-likeness (QED) is 0.648. The van der Waals surface area contributed by atoms with Crippen LogP contribution in [0.1, 0.15) is 48.5 Å². The zero-order chi connectivity index (χ0) is 23.9. The van der Waals surface area contributed by atoms with E-state index in [4.69, 9.17) is 18.8 Å². The van der Waals surface area contributed by atoms with Crippen molar-refractivity contribution in [2.24, 2.45) is 0 Å². The van der Waals surface area contributed by atoms with E-state index in [2.05, 4.69) is 0 Å². The summed E-state index contributed by atoms with van der Waals surface area (Å²) in [5.41, 5.74) is -0.615. The number of benzene rings is 1. The number of hydrogen-bond acceptors (Lipinski definition) is 6. The first-order valence-corrected chi connectivity index (χ1v) is 10.9. The molecule has 0 spiro atoms. The van der Waals surface area contributed by atoms with Gasteiger partial charge in [-0.2, -0.15) is 8.78 Å². The maximum Gasteiger partial charge on any atom is 0.498 e. The Morgan fingerprint density at radius 1 is 1.06 bits per heavy atom. The molecule has 178 valence electrons. The number of ether oxygens (including phenoxy) is 2. The van der Waals surface area contributed by atoms with Crippen LogP contribution in [0.2, 0.25) is 0 Å². The number of anilines is 1. The lowest BCUT2D eigenvalue weighted by molar-refractivity contribution is -0.0492. The lowest BCUT2D eigenvalue weighted by Crippen LogP contribution is -2.50. The minimum Gasteiger partial charge on any atom is -0.444 e. The molecule has 0 aromatic heterocycles. The number of piperazine rings is 1. The van der Waals surface area contributed by atoms with Crippen molar-refractivity contribution in [2.75, 3.05) is 31.1 Å². The summed E-state index contributed by atoms with van der Waals surface area (Å²) in [5.74, 6) is 0.0190. The predicted molar refractivity (Wildman–Crippen MR) is 119 cm³/mol. The maximum absolute atomic E-state index is 13.2. The summed E-state index contributed by atoms with van der Waals surface area (Å²) >= 11 is 0. The van der Waals surface area contributed by atoms with E-state index in [-0.39, 0.29) is 11.8 Å². The Kier molecular flexibility index (Phi) is 6.68. The fourth-order valence-corrected chi connectivity index (χ4v) is 3.56. The second kappa shape index (κ2) is 8.70. The minimum absolute atomic E-state index is 0.0190. The van der Waals surface area contributed by atoms with Gasteiger partial charge in [-0.05, 0) is 54.5 Å². The molecule has 2 aliphatic heterocycles. The molecule has 0 N–H and O–H groups in total. The molecule has 0 radical (unpaired) electrons. The van der Waals surface area contributed by atoms with Crippen LogP contribution in [-0.2, 0) is 14.0 Å². The van der Waals surface area contributed by atoms with Crippen LogP contribution in [0.25, 0.3) is 0 Å². The molecule has 2 aliphatic rings. The van der Waals surface area contributed by atoms with Gasteiger partial charge in [-0.15, -0.1) is 0 Å². The molecule has 2 heterocycles. The molecular formula is C22H33BF2N2O5. The summed E-state index contributed by atoms with van der Waals surface area (Å²) in [6.45, 7) is 12.1. The van der Waals surface area contributed by atoms with E-state index < -0.39 is 30.5 Å². The van der Waals surface area contributed by atoms with E-state index in [1.807, 2.05) is 59.4 Å². The van der Waals surface area contributed by atoms with Crippen LogP contribution in [0.3, 0.4) is 0 Å². The Morgan fingerprint density at radius 3 is 2.12 bits per heavy atom. The Balaban J connectivity index is 1.75. The molecule has 2 fully saturated rings. The molecule has 0 atom stereocenters. The number of halogens is 2. The van der Waals surface area contributed by atoms with Crippen LogP contribution < -0.4 is 15.1 Å². The van der Waals surface area contributed by atoms with Crippen molar-refractivity contribution in [1.82, 2.24) is 4.90 Å². The van der Waals surface area contributed by atoms with Crippen LogP contribution in [0, 0.1) is 0 Å². The zero-order valence-corrected chi connectivity index (χ0v) is 19.9. The molecule has 1 aromatic rings. The average Bonchev–Trinajstić information content (AvgIpc) is 2.87. The van der Waals surface area contributed by atoms with Crippen molar-refractivity contribution in [1.29, 1.82) is 0 Å². The molecule has 0 aliphatic carbocycles. The van der Waals surface area contributed by atoms with Gasteiger partial charge in [0.2, 0.25) is 0 Å². The average molecular weight is 454 g/mol. The van der Waals surface area contributed by atoms with Crippen molar-refractivity contribution < 1.29 is 32.4 Å². The van der Waals surface area contributed by atoms with E-state index in [0.29, 0.717) is 31.6 Å². The van der Waals surface area contributed by atoms with Crippen LogP contribution in [0.15, 0.2) is 18.2 Å². The summed E-state index contributed by atoms with van der Waals surface area (Å²) in [6, 6.07) is 5.12. The van der Waals surface area contributed by atoms with E-state index in [0.717, 1.165) is 5.69 Å². The number of amides is 1. The van der Waals surface area contributed by atoms with E-state index in [1.165, 1.54) is 0 Å². The highest BCUT2D eigenvalue weighted by Gasteiger charge is 2.52. The lowest BCUT2D eigenvalue weighted by Gasteiger charge is -2.37. The second-order valence-corrected chi connectivity index (χ2v) is 10.1. The van der Waals surface area contributed by atoms with Gasteiger partial charge in [0.05, 0.1) is 11.2 Å². The highest BCUT2D eigenvalue weighted by atomic mass is 19.3. The number of carbonyl (C=O) groups is 1. The van der Waals surface area contributed by atoms with E-state index >= 15 is 0 Å². The monoisotopic (exact) mass is 454 g/mol. The van der Waals surface area contributed by atoms with Gasteiger partial charge < -0.3 is 28.6 Å². The summed E-state index contributed by atoms with van der Waals surface area (Å²) in [6.07, 6.45) is -0.352. The van der Waals surface area contributed by atoms with Crippen LogP contribution >= 0.6 is 0 Å². The lowest BCUT2D eigenvalue weighted by atomic mass is 9.78. The Labute approximate surface area is 189 Å². The first-order chi connectivity index (χ1) is 14.7. The van der Waals surface area contributed by atoms with Gasteiger partial charge in [0.15, 0.2) is 0 Å². The molecule has 0 saturated carbocycles. The summed E-state index contributed by atoms with van der Waals surface area (Å²) in [7, 11) is -0.813. The van der Waals surface area contributed by atoms with Gasteiger partial charge in [-0.3, -0.25) is 0 Å². The molecule has 10 heteroatoms. The SMILES string of the molecule is CC(C)(C)OC(=O)N1CCN(c2ccc(B3OC(C)(C)C(C)(C)O3)c(OC(F)F)c2)CC1. The molecular weight excluding hydrogens is 421 g/mol. The van der Waals surface area contributed by atoms with Gasteiger partial charge in [0.25, 0.3) is 0 Å². The normalized spacial score (nSPS) is 20.6. The highest BCUT2D eigenvalue weighted by Crippen LogP contribution is 2.37. The molecule has 2 saturated heterocycles. The number of hydrogen-bond donors (Lipinski definition) is 0. The third-order valence-electron chi connectivity index (χ3n) is 6.02. The third-order valence-corrected chi connectivity index (χ3v) is 6.02. The Bertz CT molecular complexity index is 820. The third kappa shape index (κ3) is 5.46. The molecule has 1 aromatic carbocycles. The van der Waals surface area contributed by atoms with Gasteiger partial charge >= 0.3 is 19.8 Å². The number of alkyl halides is 2. The fourth-order valence-electron chi connectivity index (χ4n) is 3.56. The molecule has 1 amide bonds. The molecule has 0 bridgehead atoms. The highest BCUT2D eigenvalue weighted by molar-refractivity contribution is 6.63. The zero-order valence-electron chi connectivity index (χ0n) is 19.9. The van der Waals surface area contributed by atoms with E-state index in [1.54, 1.807) is 17.0 Å². The predicted octanol–water partition coefficient (Wildman–Crippen LogP) is 3.64. The number of nitrogens with zero attached hydrogens (tertiary/aromatic N) is 2. The summed E-state index contributed by atoms with van der Waals surface area (Å²) in [5, 5.41) is 0. The first kappa shape index (κ1) is 24.6. The van der Waals surface area contributed by atoms with Gasteiger partial charge in [-0.25, -0.2) is 4.79 Å². The van der Waals surface area contributed by atoms with Crippen molar-refractivity contribution in [2.45, 2.75) is 71.9 Å². The van der Waals surface area contributed by atoms with Crippen molar-refractivity contribution in [3.63, 3.8) is 0 Å². The van der Waals surface area contributed by atoms with Crippen LogP contribution in [-0.4, -0.2) is 67.7 Å². The standard InChI is InChI=1S/C22H33BF2N2O5/c1-20(2,3)30-19(28)27-12-10-26(11-13-27)15-8-9-16(17(14-15)29-18(24)25)23-31-21(4,5)22(6,7)32-23/h8-9,14,18H,10-13H2,1-7H3.